The minimum absolute atomic E-state index is 0.113. The number of carboxylic acids is 1. The first-order chi connectivity index (χ1) is 8.38. The Morgan fingerprint density at radius 2 is 2.06 bits per heavy atom. The molecule has 0 saturated heterocycles. The Balaban J connectivity index is 0.00000137. The predicted octanol–water partition coefficient (Wildman–Crippen LogP) is 1.47. The molecule has 0 aliphatic carbocycles. The van der Waals surface area contributed by atoms with E-state index >= 15 is 0 Å². The molecule has 0 unspecified atom stereocenters. The molecule has 0 bridgehead atoms. The summed E-state index contributed by atoms with van der Waals surface area (Å²) in [4.78, 5) is 17.8. The number of carboxylic acid groups (broad SMARTS) is 1. The quantitative estimate of drug-likeness (QED) is 0.658. The molecule has 1 aromatic heterocycles. The van der Waals surface area contributed by atoms with Crippen molar-refractivity contribution in [2.75, 3.05) is 5.75 Å². The Morgan fingerprint density at radius 1 is 1.50 bits per heavy atom. The minimum Gasteiger partial charge on any atom is -0.478 e. The molecular formula is C11H16N2O4S. The molecule has 1 heterocycles. The standard InChI is InChI=1S/C9H10N2O4S.C2H6/c1-3-4-16(14,15)9-10-5-7(8(12)13)6(2)11-9;1-2/h3,5H,1,4H2,2H3,(H,12,13);1-2H3. The zero-order valence-corrected chi connectivity index (χ0v) is 11.4. The fourth-order valence-corrected chi connectivity index (χ4v) is 1.98. The lowest BCUT2D eigenvalue weighted by molar-refractivity contribution is 0.0694. The Labute approximate surface area is 106 Å². The molecule has 0 amide bonds. The highest BCUT2D eigenvalue weighted by molar-refractivity contribution is 7.91. The van der Waals surface area contributed by atoms with Crippen molar-refractivity contribution in [3.05, 3.63) is 30.1 Å². The molecule has 100 valence electrons. The number of hydrogen-bond acceptors (Lipinski definition) is 5. The average molecular weight is 272 g/mol. The molecule has 0 aliphatic heterocycles. The van der Waals surface area contributed by atoms with Crippen molar-refractivity contribution >= 4 is 15.8 Å². The van der Waals surface area contributed by atoms with Crippen molar-refractivity contribution < 1.29 is 18.3 Å². The van der Waals surface area contributed by atoms with Crippen LogP contribution in [0.2, 0.25) is 0 Å². The van der Waals surface area contributed by atoms with E-state index in [4.69, 9.17) is 5.11 Å². The second kappa shape index (κ2) is 6.85. The van der Waals surface area contributed by atoms with Crippen molar-refractivity contribution in [2.24, 2.45) is 0 Å². The molecule has 1 rings (SSSR count). The van der Waals surface area contributed by atoms with Crippen LogP contribution in [-0.4, -0.2) is 35.2 Å². The van der Waals surface area contributed by atoms with Gasteiger partial charge in [-0.15, -0.1) is 6.58 Å². The van der Waals surface area contributed by atoms with Gasteiger partial charge in [0.05, 0.1) is 17.0 Å². The third-order valence-electron chi connectivity index (χ3n) is 1.80. The number of aromatic nitrogens is 2. The molecule has 0 atom stereocenters. The van der Waals surface area contributed by atoms with Gasteiger partial charge in [-0.1, -0.05) is 19.9 Å². The summed E-state index contributed by atoms with van der Waals surface area (Å²) in [5, 5.41) is 8.34. The lowest BCUT2D eigenvalue weighted by Gasteiger charge is -2.03. The van der Waals surface area contributed by atoms with E-state index in [0.29, 0.717) is 0 Å². The van der Waals surface area contributed by atoms with Gasteiger partial charge >= 0.3 is 5.97 Å². The highest BCUT2D eigenvalue weighted by atomic mass is 32.2. The van der Waals surface area contributed by atoms with Gasteiger partial charge in [-0.3, -0.25) is 0 Å². The van der Waals surface area contributed by atoms with E-state index in [2.05, 4.69) is 16.5 Å². The Morgan fingerprint density at radius 3 is 2.44 bits per heavy atom. The summed E-state index contributed by atoms with van der Waals surface area (Å²) in [5.74, 6) is -1.47. The molecule has 0 saturated carbocycles. The summed E-state index contributed by atoms with van der Waals surface area (Å²) in [7, 11) is -3.61. The van der Waals surface area contributed by atoms with Crippen LogP contribution in [-0.2, 0) is 9.84 Å². The average Bonchev–Trinajstić information content (AvgIpc) is 2.31. The Bertz CT molecular complexity index is 538. The molecule has 0 spiro atoms. The SMILES string of the molecule is C=CCS(=O)(=O)c1ncc(C(=O)O)c(C)n1.CC. The number of carbonyl (C=O) groups is 1. The summed E-state index contributed by atoms with van der Waals surface area (Å²) < 4.78 is 23.0. The molecular weight excluding hydrogens is 256 g/mol. The van der Waals surface area contributed by atoms with Gasteiger partial charge in [-0.25, -0.2) is 23.2 Å². The molecule has 1 aromatic rings. The van der Waals surface area contributed by atoms with Crippen LogP contribution >= 0.6 is 0 Å². The van der Waals surface area contributed by atoms with E-state index in [9.17, 15) is 13.2 Å². The van der Waals surface area contributed by atoms with E-state index < -0.39 is 15.8 Å². The fourth-order valence-electron chi connectivity index (χ4n) is 1.04. The molecule has 6 nitrogen and oxygen atoms in total. The van der Waals surface area contributed by atoms with Crippen LogP contribution in [0.5, 0.6) is 0 Å². The van der Waals surface area contributed by atoms with Gasteiger partial charge in [0.15, 0.2) is 0 Å². The van der Waals surface area contributed by atoms with Crippen molar-refractivity contribution in [3.63, 3.8) is 0 Å². The second-order valence-corrected chi connectivity index (χ2v) is 4.95. The van der Waals surface area contributed by atoms with Crippen molar-refractivity contribution in [1.29, 1.82) is 0 Å². The molecule has 7 heteroatoms. The van der Waals surface area contributed by atoms with Gasteiger partial charge in [0.25, 0.3) is 0 Å². The lowest BCUT2D eigenvalue weighted by Crippen LogP contribution is -2.12. The monoisotopic (exact) mass is 272 g/mol. The molecule has 0 aromatic carbocycles. The maximum absolute atomic E-state index is 11.5. The van der Waals surface area contributed by atoms with Crippen LogP contribution in [0.15, 0.2) is 24.0 Å². The van der Waals surface area contributed by atoms with Gasteiger partial charge in [0.1, 0.15) is 0 Å². The third-order valence-corrected chi connectivity index (χ3v) is 3.23. The number of nitrogens with zero attached hydrogens (tertiary/aromatic N) is 2. The zero-order chi connectivity index (χ0) is 14.3. The van der Waals surface area contributed by atoms with Gasteiger partial charge in [-0.2, -0.15) is 0 Å². The van der Waals surface area contributed by atoms with Crippen LogP contribution < -0.4 is 0 Å². The number of hydrogen-bond donors (Lipinski definition) is 1. The minimum atomic E-state index is -3.61. The summed E-state index contributed by atoms with van der Waals surface area (Å²) in [6, 6.07) is 0. The fraction of sp³-hybridized carbons (Fsp3) is 0.364. The summed E-state index contributed by atoms with van der Waals surface area (Å²) in [6.45, 7) is 8.73. The highest BCUT2D eigenvalue weighted by Gasteiger charge is 2.18. The lowest BCUT2D eigenvalue weighted by atomic mass is 10.2. The van der Waals surface area contributed by atoms with E-state index in [1.165, 1.54) is 13.0 Å². The summed E-state index contributed by atoms with van der Waals surface area (Å²) >= 11 is 0. The van der Waals surface area contributed by atoms with Gasteiger partial charge in [0.2, 0.25) is 15.0 Å². The van der Waals surface area contributed by atoms with Crippen LogP contribution in [0.1, 0.15) is 29.9 Å². The smallest absolute Gasteiger partial charge is 0.339 e. The van der Waals surface area contributed by atoms with Crippen molar-refractivity contribution in [1.82, 2.24) is 9.97 Å². The molecule has 0 radical (unpaired) electrons. The molecule has 0 aliphatic rings. The first kappa shape index (κ1) is 16.2. The normalized spacial score (nSPS) is 10.2. The first-order valence-electron chi connectivity index (χ1n) is 5.29. The van der Waals surface area contributed by atoms with E-state index in [0.717, 1.165) is 6.20 Å². The zero-order valence-electron chi connectivity index (χ0n) is 10.5. The number of aryl methyl sites for hydroxylation is 1. The first-order valence-corrected chi connectivity index (χ1v) is 6.94. The highest BCUT2D eigenvalue weighted by Crippen LogP contribution is 2.09. The van der Waals surface area contributed by atoms with Gasteiger partial charge < -0.3 is 5.11 Å². The van der Waals surface area contributed by atoms with Crippen molar-refractivity contribution in [2.45, 2.75) is 25.9 Å². The van der Waals surface area contributed by atoms with E-state index in [1.54, 1.807) is 0 Å². The van der Waals surface area contributed by atoms with Gasteiger partial charge in [-0.05, 0) is 6.92 Å². The topological polar surface area (TPSA) is 97.2 Å². The third kappa shape index (κ3) is 3.92. The molecule has 1 N–H and O–H groups in total. The van der Waals surface area contributed by atoms with Crippen LogP contribution in [0.25, 0.3) is 0 Å². The van der Waals surface area contributed by atoms with Crippen LogP contribution in [0.3, 0.4) is 0 Å². The van der Waals surface area contributed by atoms with Gasteiger partial charge in [0, 0.05) is 6.20 Å². The molecule has 0 fully saturated rings. The summed E-state index contributed by atoms with van der Waals surface area (Å²) in [5.41, 5.74) is 0.00249. The number of rotatable bonds is 4. The molecule has 18 heavy (non-hydrogen) atoms. The second-order valence-electron chi connectivity index (χ2n) is 3.03. The summed E-state index contributed by atoms with van der Waals surface area (Å²) in [6.07, 6.45) is 2.21. The Kier molecular flexibility index (Phi) is 6.18. The Hall–Kier alpha value is -1.76. The van der Waals surface area contributed by atoms with E-state index in [1.807, 2.05) is 13.8 Å². The van der Waals surface area contributed by atoms with Crippen molar-refractivity contribution in [3.8, 4) is 0 Å². The predicted molar refractivity (Wildman–Crippen MR) is 67.3 cm³/mol. The van der Waals surface area contributed by atoms with E-state index in [-0.39, 0.29) is 22.2 Å². The maximum Gasteiger partial charge on any atom is 0.339 e. The van der Waals surface area contributed by atoms with Crippen LogP contribution in [0, 0.1) is 6.92 Å². The number of sulfone groups is 1. The largest absolute Gasteiger partial charge is 0.478 e. The van der Waals surface area contributed by atoms with Crippen LogP contribution in [0.4, 0.5) is 0 Å². The maximum atomic E-state index is 11.5. The number of aromatic carboxylic acids is 1.